The summed E-state index contributed by atoms with van der Waals surface area (Å²) >= 11 is 5.82. The fraction of sp³-hybridized carbons (Fsp3) is 0.429. The Morgan fingerprint density at radius 2 is 2.14 bits per heavy atom. The number of halogens is 1. The molecule has 2 atom stereocenters. The number of oxime groups is 1. The van der Waals surface area contributed by atoms with Crippen LogP contribution in [-0.2, 0) is 9.63 Å². The lowest BCUT2D eigenvalue weighted by Gasteiger charge is -2.17. The van der Waals surface area contributed by atoms with Gasteiger partial charge in [0.25, 0.3) is 11.8 Å². The van der Waals surface area contributed by atoms with Crippen molar-refractivity contribution < 1.29 is 14.4 Å². The molecule has 22 heavy (non-hydrogen) atoms. The van der Waals surface area contributed by atoms with Crippen LogP contribution < -0.4 is 0 Å². The van der Waals surface area contributed by atoms with Crippen molar-refractivity contribution in [1.29, 1.82) is 0 Å². The number of rotatable bonds is 2. The van der Waals surface area contributed by atoms with Gasteiger partial charge in [-0.3, -0.25) is 9.59 Å². The molecular weight excluding hydrogens is 308 g/mol. The second-order valence-electron chi connectivity index (χ2n) is 5.48. The summed E-state index contributed by atoms with van der Waals surface area (Å²) in [7, 11) is 3.32. The molecule has 1 aromatic rings. The maximum absolute atomic E-state index is 12.5. The first kappa shape index (κ1) is 14.8. The molecule has 8 heteroatoms. The maximum Gasteiger partial charge on any atom is 0.272 e. The minimum atomic E-state index is -0.276. The van der Waals surface area contributed by atoms with Crippen molar-refractivity contribution in [2.24, 2.45) is 11.1 Å². The van der Waals surface area contributed by atoms with E-state index in [0.29, 0.717) is 18.8 Å². The van der Waals surface area contributed by atoms with Crippen molar-refractivity contribution in [1.82, 2.24) is 14.8 Å². The molecule has 0 aromatic carbocycles. The van der Waals surface area contributed by atoms with E-state index in [1.165, 1.54) is 4.90 Å². The zero-order valence-electron chi connectivity index (χ0n) is 12.2. The van der Waals surface area contributed by atoms with Gasteiger partial charge in [0.2, 0.25) is 0 Å². The summed E-state index contributed by atoms with van der Waals surface area (Å²) < 4.78 is 0. The van der Waals surface area contributed by atoms with E-state index < -0.39 is 0 Å². The Balaban J connectivity index is 1.74. The van der Waals surface area contributed by atoms with E-state index in [0.717, 1.165) is 0 Å². The fourth-order valence-electron chi connectivity index (χ4n) is 2.62. The van der Waals surface area contributed by atoms with E-state index in [-0.39, 0.29) is 34.7 Å². The van der Waals surface area contributed by atoms with Crippen molar-refractivity contribution in [2.45, 2.75) is 6.10 Å². The summed E-state index contributed by atoms with van der Waals surface area (Å²) in [5.41, 5.74) is 0.647. The van der Waals surface area contributed by atoms with E-state index in [1.807, 2.05) is 0 Å². The van der Waals surface area contributed by atoms with Crippen LogP contribution in [0.5, 0.6) is 0 Å². The van der Waals surface area contributed by atoms with E-state index >= 15 is 0 Å². The van der Waals surface area contributed by atoms with Gasteiger partial charge in [-0.25, -0.2) is 4.98 Å². The second kappa shape index (κ2) is 5.57. The maximum atomic E-state index is 12.5. The van der Waals surface area contributed by atoms with Crippen LogP contribution in [0.15, 0.2) is 23.4 Å². The van der Waals surface area contributed by atoms with Gasteiger partial charge in [0.15, 0.2) is 11.8 Å². The SMILES string of the molecule is CN(C)C(=O)C1=NO[C@@H]2CN(C(=O)c3cccc(Cl)n3)C[C@H]12. The molecule has 116 valence electrons. The van der Waals surface area contributed by atoms with Crippen LogP contribution in [0.3, 0.4) is 0 Å². The fourth-order valence-corrected chi connectivity index (χ4v) is 2.78. The topological polar surface area (TPSA) is 75.1 Å². The molecule has 2 amide bonds. The van der Waals surface area contributed by atoms with Crippen molar-refractivity contribution in [3.63, 3.8) is 0 Å². The lowest BCUT2D eigenvalue weighted by atomic mass is 10.00. The van der Waals surface area contributed by atoms with Gasteiger partial charge in [-0.05, 0) is 12.1 Å². The Morgan fingerprint density at radius 1 is 1.36 bits per heavy atom. The number of fused-ring (bicyclic) bond motifs is 1. The minimum absolute atomic E-state index is 0.192. The molecule has 0 N–H and O–H groups in total. The average molecular weight is 323 g/mol. The number of carbonyl (C=O) groups is 2. The van der Waals surface area contributed by atoms with Gasteiger partial charge in [0.1, 0.15) is 10.8 Å². The quantitative estimate of drug-likeness (QED) is 0.749. The van der Waals surface area contributed by atoms with Crippen molar-refractivity contribution in [3.8, 4) is 0 Å². The lowest BCUT2D eigenvalue weighted by Crippen LogP contribution is -2.36. The molecule has 1 aromatic heterocycles. The summed E-state index contributed by atoms with van der Waals surface area (Å²) in [6, 6.07) is 4.91. The number of nitrogens with zero attached hydrogens (tertiary/aromatic N) is 4. The van der Waals surface area contributed by atoms with Gasteiger partial charge < -0.3 is 14.6 Å². The zero-order valence-corrected chi connectivity index (χ0v) is 12.9. The zero-order chi connectivity index (χ0) is 15.9. The number of pyridine rings is 1. The molecule has 3 heterocycles. The average Bonchev–Trinajstić information content (AvgIpc) is 3.05. The van der Waals surface area contributed by atoms with Gasteiger partial charge in [-0.15, -0.1) is 0 Å². The molecule has 0 spiro atoms. The molecule has 7 nitrogen and oxygen atoms in total. The highest BCUT2D eigenvalue weighted by molar-refractivity contribution is 6.40. The van der Waals surface area contributed by atoms with E-state index in [4.69, 9.17) is 16.4 Å². The predicted molar refractivity (Wildman–Crippen MR) is 79.6 cm³/mol. The van der Waals surface area contributed by atoms with Crippen LogP contribution in [-0.4, -0.2) is 65.6 Å². The second-order valence-corrected chi connectivity index (χ2v) is 5.87. The predicted octanol–water partition coefficient (Wildman–Crippen LogP) is 0.650. The molecule has 0 unspecified atom stereocenters. The lowest BCUT2D eigenvalue weighted by molar-refractivity contribution is -0.122. The molecule has 3 rings (SSSR count). The van der Waals surface area contributed by atoms with Crippen molar-refractivity contribution in [3.05, 3.63) is 29.0 Å². The molecule has 2 aliphatic rings. The van der Waals surface area contributed by atoms with Crippen LogP contribution in [0.25, 0.3) is 0 Å². The molecular formula is C14H15ClN4O3. The summed E-state index contributed by atoms with van der Waals surface area (Å²) in [4.78, 5) is 36.9. The number of hydrogen-bond acceptors (Lipinski definition) is 5. The van der Waals surface area contributed by atoms with E-state index in [2.05, 4.69) is 10.1 Å². The van der Waals surface area contributed by atoms with Crippen molar-refractivity contribution in [2.75, 3.05) is 27.2 Å². The van der Waals surface area contributed by atoms with Gasteiger partial charge >= 0.3 is 0 Å². The van der Waals surface area contributed by atoms with Gasteiger partial charge in [-0.1, -0.05) is 22.8 Å². The highest BCUT2D eigenvalue weighted by Crippen LogP contribution is 2.28. The number of carbonyl (C=O) groups excluding carboxylic acids is 2. The first-order chi connectivity index (χ1) is 10.5. The summed E-state index contributed by atoms with van der Waals surface area (Å²) in [5.74, 6) is -0.613. The van der Waals surface area contributed by atoms with Gasteiger partial charge in [-0.2, -0.15) is 0 Å². The summed E-state index contributed by atoms with van der Waals surface area (Å²) in [6.45, 7) is 0.765. The Morgan fingerprint density at radius 3 is 2.82 bits per heavy atom. The molecule has 0 saturated carbocycles. The van der Waals surface area contributed by atoms with Crippen LogP contribution in [0, 0.1) is 5.92 Å². The van der Waals surface area contributed by atoms with Gasteiger partial charge in [0, 0.05) is 20.6 Å². The normalized spacial score (nSPS) is 22.9. The molecule has 2 aliphatic heterocycles. The number of hydrogen-bond donors (Lipinski definition) is 0. The molecule has 0 bridgehead atoms. The summed E-state index contributed by atoms with van der Waals surface area (Å²) in [6.07, 6.45) is -0.276. The van der Waals surface area contributed by atoms with Crippen LogP contribution >= 0.6 is 11.6 Å². The van der Waals surface area contributed by atoms with Crippen LogP contribution in [0.1, 0.15) is 10.5 Å². The third-order valence-electron chi connectivity index (χ3n) is 3.75. The first-order valence-electron chi connectivity index (χ1n) is 6.84. The first-order valence-corrected chi connectivity index (χ1v) is 7.22. The largest absolute Gasteiger partial charge is 0.389 e. The van der Waals surface area contributed by atoms with Crippen LogP contribution in [0.4, 0.5) is 0 Å². The number of likely N-dealkylation sites (tertiary alicyclic amines) is 1. The molecule has 1 fully saturated rings. The monoisotopic (exact) mass is 322 g/mol. The van der Waals surface area contributed by atoms with E-state index in [9.17, 15) is 9.59 Å². The summed E-state index contributed by atoms with van der Waals surface area (Å²) in [5, 5.41) is 4.14. The third-order valence-corrected chi connectivity index (χ3v) is 3.96. The van der Waals surface area contributed by atoms with E-state index in [1.54, 1.807) is 37.2 Å². The number of amides is 2. The molecule has 1 saturated heterocycles. The molecule has 0 radical (unpaired) electrons. The number of aromatic nitrogens is 1. The smallest absolute Gasteiger partial charge is 0.272 e. The Hall–Kier alpha value is -2.15. The van der Waals surface area contributed by atoms with Crippen molar-refractivity contribution >= 4 is 29.1 Å². The molecule has 0 aliphatic carbocycles. The third kappa shape index (κ3) is 2.52. The standard InChI is InChI=1S/C14H15ClN4O3/c1-18(2)14(21)12-8-6-19(7-10(8)22-17-12)13(20)9-4-3-5-11(15)16-9/h3-5,8,10H,6-7H2,1-2H3/t8-,10+/m0/s1. The highest BCUT2D eigenvalue weighted by atomic mass is 35.5. The van der Waals surface area contributed by atoms with Crippen LogP contribution in [0.2, 0.25) is 5.15 Å². The van der Waals surface area contributed by atoms with Gasteiger partial charge in [0.05, 0.1) is 12.5 Å². The minimum Gasteiger partial charge on any atom is -0.389 e. The Kier molecular flexibility index (Phi) is 3.74. The Labute approximate surface area is 132 Å². The Bertz CT molecular complexity index is 661. The highest BCUT2D eigenvalue weighted by Gasteiger charge is 2.46.